The number of nitrogens with zero attached hydrogens (tertiary/aromatic N) is 2. The van der Waals surface area contributed by atoms with Crippen LogP contribution in [0.5, 0.6) is 0 Å². The molecule has 1 unspecified atom stereocenters. The van der Waals surface area contributed by atoms with Crippen molar-refractivity contribution in [3.63, 3.8) is 0 Å². The third-order valence-electron chi connectivity index (χ3n) is 4.13. The van der Waals surface area contributed by atoms with Gasteiger partial charge in [0.15, 0.2) is 0 Å². The Morgan fingerprint density at radius 1 is 1.57 bits per heavy atom. The van der Waals surface area contributed by atoms with Crippen LogP contribution in [0.2, 0.25) is 0 Å². The largest absolute Gasteiger partial charge is 0.345 e. The zero-order valence-corrected chi connectivity index (χ0v) is 13.0. The van der Waals surface area contributed by atoms with Crippen LogP contribution in [0.25, 0.3) is 11.0 Å². The highest BCUT2D eigenvalue weighted by Gasteiger charge is 2.35. The quantitative estimate of drug-likeness (QED) is 0.805. The Labute approximate surface area is 133 Å². The third-order valence-corrected chi connectivity index (χ3v) is 4.13. The van der Waals surface area contributed by atoms with Gasteiger partial charge in [-0.15, -0.1) is 0 Å². The predicted octanol–water partition coefficient (Wildman–Crippen LogP) is 1.00. The fourth-order valence-corrected chi connectivity index (χ4v) is 2.99. The maximum atomic E-state index is 12.8. The summed E-state index contributed by atoms with van der Waals surface area (Å²) in [7, 11) is 0. The van der Waals surface area contributed by atoms with Crippen molar-refractivity contribution in [1.29, 1.82) is 0 Å². The average Bonchev–Trinajstić information content (AvgIpc) is 2.98. The van der Waals surface area contributed by atoms with Gasteiger partial charge in [0.1, 0.15) is 18.0 Å². The molecule has 2 atom stereocenters. The van der Waals surface area contributed by atoms with Crippen molar-refractivity contribution < 1.29 is 14.4 Å². The van der Waals surface area contributed by atoms with Crippen LogP contribution in [0.15, 0.2) is 18.5 Å². The summed E-state index contributed by atoms with van der Waals surface area (Å²) >= 11 is 0. The highest BCUT2D eigenvalue weighted by atomic mass is 16.2. The molecular weight excluding hydrogens is 296 g/mol. The minimum atomic E-state index is -0.615. The molecule has 120 valence electrons. The van der Waals surface area contributed by atoms with Crippen LogP contribution >= 0.6 is 0 Å². The van der Waals surface area contributed by atoms with Gasteiger partial charge < -0.3 is 20.0 Å². The van der Waals surface area contributed by atoms with Crippen molar-refractivity contribution in [3.05, 3.63) is 29.6 Å². The molecule has 0 radical (unpaired) electrons. The van der Waals surface area contributed by atoms with Crippen molar-refractivity contribution in [2.45, 2.75) is 38.9 Å². The first kappa shape index (κ1) is 15.2. The molecular formula is C16H18N4O3. The second-order valence-corrected chi connectivity index (χ2v) is 5.69. The molecule has 1 aliphatic rings. The number of rotatable bonds is 5. The second kappa shape index (κ2) is 5.83. The number of hydrogen-bond acceptors (Lipinski definition) is 4. The molecule has 23 heavy (non-hydrogen) atoms. The molecule has 7 heteroatoms. The molecule has 3 rings (SSSR count). The Morgan fingerprint density at radius 3 is 3.04 bits per heavy atom. The minimum Gasteiger partial charge on any atom is -0.345 e. The lowest BCUT2D eigenvalue weighted by Crippen LogP contribution is -2.51. The number of pyridine rings is 1. The molecule has 2 aromatic rings. The Morgan fingerprint density at radius 2 is 2.35 bits per heavy atom. The molecule has 0 spiro atoms. The van der Waals surface area contributed by atoms with Crippen LogP contribution in [0.3, 0.4) is 0 Å². The van der Waals surface area contributed by atoms with Gasteiger partial charge in [-0.2, -0.15) is 0 Å². The summed E-state index contributed by atoms with van der Waals surface area (Å²) < 4.78 is 0. The number of H-pyrrole nitrogens is 1. The summed E-state index contributed by atoms with van der Waals surface area (Å²) in [4.78, 5) is 44.6. The fraction of sp³-hybridized carbons (Fsp3) is 0.375. The van der Waals surface area contributed by atoms with Gasteiger partial charge in [-0.1, -0.05) is 6.92 Å². The fourth-order valence-electron chi connectivity index (χ4n) is 2.99. The predicted molar refractivity (Wildman–Crippen MR) is 83.7 cm³/mol. The van der Waals surface area contributed by atoms with E-state index in [1.54, 1.807) is 24.2 Å². The van der Waals surface area contributed by atoms with E-state index in [1.807, 2.05) is 13.0 Å². The van der Waals surface area contributed by atoms with Crippen LogP contribution in [-0.4, -0.2) is 45.1 Å². The van der Waals surface area contributed by atoms with Gasteiger partial charge in [0.05, 0.1) is 11.6 Å². The Bertz CT molecular complexity index is 783. The summed E-state index contributed by atoms with van der Waals surface area (Å²) in [6, 6.07) is 0.667. The first-order chi connectivity index (χ1) is 11.1. The van der Waals surface area contributed by atoms with Crippen LogP contribution in [0, 0.1) is 0 Å². The maximum absolute atomic E-state index is 12.8. The molecule has 0 aliphatic carbocycles. The number of carbonyl (C=O) groups is 3. The summed E-state index contributed by atoms with van der Waals surface area (Å²) in [6.07, 6.45) is 4.45. The van der Waals surface area contributed by atoms with E-state index < -0.39 is 12.1 Å². The van der Waals surface area contributed by atoms with Gasteiger partial charge in [0.2, 0.25) is 5.91 Å². The molecule has 0 saturated heterocycles. The number of aromatic amines is 1. The average molecular weight is 314 g/mol. The van der Waals surface area contributed by atoms with Crippen molar-refractivity contribution in [1.82, 2.24) is 20.2 Å². The van der Waals surface area contributed by atoms with Crippen LogP contribution in [-0.2, 0) is 16.1 Å². The normalized spacial score (nSPS) is 16.3. The zero-order valence-electron chi connectivity index (χ0n) is 13.0. The van der Waals surface area contributed by atoms with Crippen molar-refractivity contribution >= 4 is 29.1 Å². The molecule has 2 aromatic heterocycles. The SMILES string of the molecule is CC[C@H](C(=O)NC(C)C=O)N1Cc2ccnc3[nH]cc(c23)C1=O. The summed E-state index contributed by atoms with van der Waals surface area (Å²) in [5.41, 5.74) is 2.17. The maximum Gasteiger partial charge on any atom is 0.257 e. The molecule has 0 saturated carbocycles. The molecule has 2 amide bonds. The zero-order chi connectivity index (χ0) is 16.6. The van der Waals surface area contributed by atoms with Gasteiger partial charge >= 0.3 is 0 Å². The first-order valence-corrected chi connectivity index (χ1v) is 7.58. The highest BCUT2D eigenvalue weighted by molar-refractivity contribution is 6.10. The third kappa shape index (κ3) is 2.48. The van der Waals surface area contributed by atoms with E-state index >= 15 is 0 Å². The first-order valence-electron chi connectivity index (χ1n) is 7.58. The summed E-state index contributed by atoms with van der Waals surface area (Å²) in [6.45, 7) is 3.80. The van der Waals surface area contributed by atoms with E-state index in [-0.39, 0.29) is 11.8 Å². The van der Waals surface area contributed by atoms with E-state index in [1.165, 1.54) is 0 Å². The van der Waals surface area contributed by atoms with Crippen molar-refractivity contribution in [3.8, 4) is 0 Å². The number of amides is 2. The van der Waals surface area contributed by atoms with Crippen LogP contribution < -0.4 is 5.32 Å². The lowest BCUT2D eigenvalue weighted by Gasteiger charge is -2.33. The lowest BCUT2D eigenvalue weighted by molar-refractivity contribution is -0.128. The summed E-state index contributed by atoms with van der Waals surface area (Å²) in [5.74, 6) is -0.512. The van der Waals surface area contributed by atoms with Gasteiger partial charge in [-0.25, -0.2) is 4.98 Å². The van der Waals surface area contributed by atoms with Crippen molar-refractivity contribution in [2.24, 2.45) is 0 Å². The van der Waals surface area contributed by atoms with Gasteiger partial charge in [-0.3, -0.25) is 9.59 Å². The van der Waals surface area contributed by atoms with E-state index in [0.717, 1.165) is 10.9 Å². The van der Waals surface area contributed by atoms with Crippen LogP contribution in [0.4, 0.5) is 0 Å². The number of carbonyl (C=O) groups excluding carboxylic acids is 3. The molecule has 3 heterocycles. The molecule has 0 fully saturated rings. The highest BCUT2D eigenvalue weighted by Crippen LogP contribution is 2.30. The molecule has 0 aromatic carbocycles. The van der Waals surface area contributed by atoms with Gasteiger partial charge in [0, 0.05) is 24.3 Å². The Balaban J connectivity index is 1.93. The monoisotopic (exact) mass is 314 g/mol. The van der Waals surface area contributed by atoms with Gasteiger partial charge in [-0.05, 0) is 25.0 Å². The summed E-state index contributed by atoms with van der Waals surface area (Å²) in [5, 5.41) is 3.44. The number of hydrogen-bond donors (Lipinski definition) is 2. The Kier molecular flexibility index (Phi) is 3.85. The molecule has 1 aliphatic heterocycles. The Hall–Kier alpha value is -2.70. The lowest BCUT2D eigenvalue weighted by atomic mass is 10.00. The number of aldehydes is 1. The smallest absolute Gasteiger partial charge is 0.257 e. The number of aromatic nitrogens is 2. The second-order valence-electron chi connectivity index (χ2n) is 5.69. The standard InChI is InChI=1S/C16H18N4O3/c1-3-12(15(22)19-9(2)8-21)20-7-10-4-5-17-14-13(10)11(6-18-14)16(20)23/h4-6,8-9,12H,3,7H2,1-2H3,(H,17,18)(H,19,22)/t9?,12-/m1/s1. The topological polar surface area (TPSA) is 95.2 Å². The minimum absolute atomic E-state index is 0.197. The van der Waals surface area contributed by atoms with Crippen LogP contribution in [0.1, 0.15) is 36.2 Å². The van der Waals surface area contributed by atoms with E-state index in [9.17, 15) is 14.4 Å². The van der Waals surface area contributed by atoms with Crippen molar-refractivity contribution in [2.75, 3.05) is 0 Å². The molecule has 2 N–H and O–H groups in total. The van der Waals surface area contributed by atoms with E-state index in [0.29, 0.717) is 30.5 Å². The number of nitrogens with one attached hydrogen (secondary N) is 2. The molecule has 0 bridgehead atoms. The van der Waals surface area contributed by atoms with E-state index in [4.69, 9.17) is 0 Å². The van der Waals surface area contributed by atoms with Gasteiger partial charge in [0.25, 0.3) is 5.91 Å². The molecule has 7 nitrogen and oxygen atoms in total. The van der Waals surface area contributed by atoms with E-state index in [2.05, 4.69) is 15.3 Å².